The van der Waals surface area contributed by atoms with E-state index in [1.54, 1.807) is 0 Å². The zero-order chi connectivity index (χ0) is 56.9. The van der Waals surface area contributed by atoms with E-state index in [1.165, 1.54) is 121 Å². The maximum Gasteiger partial charge on any atom is 0.338 e. The van der Waals surface area contributed by atoms with Crippen molar-refractivity contribution in [1.82, 2.24) is 0 Å². The molecular formula is C60H60O20. The summed E-state index contributed by atoms with van der Waals surface area (Å²) in [5.74, 6) is -6.02. The lowest BCUT2D eigenvalue weighted by atomic mass is 10.1. The van der Waals surface area contributed by atoms with Crippen LogP contribution in [0.15, 0.2) is 121 Å². The lowest BCUT2D eigenvalue weighted by Gasteiger charge is -2.09. The zero-order valence-electron chi connectivity index (χ0n) is 43.9. The summed E-state index contributed by atoms with van der Waals surface area (Å²) >= 11 is 0. The monoisotopic (exact) mass is 1100 g/mol. The van der Waals surface area contributed by atoms with Crippen molar-refractivity contribution in [3.05, 3.63) is 177 Å². The summed E-state index contributed by atoms with van der Waals surface area (Å²) in [5, 5.41) is 0. The summed E-state index contributed by atoms with van der Waals surface area (Å²) in [4.78, 5) is 126. The SMILES string of the molecule is O=C1OCCCCOC(=O)c2ccc(cc2)C(=O)OCCCCOC(=O)c2ccc(cc2)C(=O)OCCCCOC(=O)c2ccc(cc2)C(=O)OCCCCOC(=O)c2ccc(cc2)C(=O)OCCCCOC(=O)c2ccc1cc2. The van der Waals surface area contributed by atoms with E-state index in [0.717, 1.165) is 0 Å². The van der Waals surface area contributed by atoms with E-state index in [2.05, 4.69) is 0 Å². The van der Waals surface area contributed by atoms with Gasteiger partial charge in [0, 0.05) is 0 Å². The average Bonchev–Trinajstić information content (AvgIpc) is 3.49. The minimum atomic E-state index is -0.602. The van der Waals surface area contributed by atoms with E-state index in [1.807, 2.05) is 0 Å². The summed E-state index contributed by atoms with van der Waals surface area (Å²) in [6.07, 6.45) is 4.04. The molecule has 6 aliphatic rings. The van der Waals surface area contributed by atoms with E-state index >= 15 is 0 Å². The van der Waals surface area contributed by atoms with Crippen LogP contribution in [0.3, 0.4) is 0 Å². The number of carbonyl (C=O) groups excluding carboxylic acids is 10. The van der Waals surface area contributed by atoms with E-state index in [0.29, 0.717) is 64.2 Å². The number of carbonyl (C=O) groups is 10. The summed E-state index contributed by atoms with van der Waals surface area (Å²) in [6, 6.07) is 28.8. The van der Waals surface area contributed by atoms with Crippen molar-refractivity contribution in [2.24, 2.45) is 0 Å². The van der Waals surface area contributed by atoms with Crippen LogP contribution >= 0.6 is 0 Å². The van der Waals surface area contributed by atoms with Crippen molar-refractivity contribution in [3.63, 3.8) is 0 Å². The first-order chi connectivity index (χ1) is 38.9. The van der Waals surface area contributed by atoms with Gasteiger partial charge in [-0.2, -0.15) is 0 Å². The molecule has 20 heteroatoms. The van der Waals surface area contributed by atoms with Crippen molar-refractivity contribution in [1.29, 1.82) is 0 Å². The minimum absolute atomic E-state index is 0.0573. The van der Waals surface area contributed by atoms with Gasteiger partial charge < -0.3 is 47.4 Å². The fourth-order valence-electron chi connectivity index (χ4n) is 7.21. The topological polar surface area (TPSA) is 263 Å². The largest absolute Gasteiger partial charge is 0.462 e. The summed E-state index contributed by atoms with van der Waals surface area (Å²) in [5.41, 5.74) is 2.21. The van der Waals surface area contributed by atoms with Gasteiger partial charge in [-0.25, -0.2) is 47.9 Å². The van der Waals surface area contributed by atoms with Crippen LogP contribution in [0.1, 0.15) is 168 Å². The number of hydrogen-bond donors (Lipinski definition) is 0. The Labute approximate surface area is 460 Å². The minimum Gasteiger partial charge on any atom is -0.462 e. The predicted octanol–water partition coefficient (Wildman–Crippen LogP) is 8.97. The molecule has 20 nitrogen and oxygen atoms in total. The average molecular weight is 1100 g/mol. The molecule has 0 aliphatic carbocycles. The molecule has 0 spiro atoms. The molecule has 11 rings (SSSR count). The van der Waals surface area contributed by atoms with Crippen molar-refractivity contribution in [2.75, 3.05) is 66.1 Å². The van der Waals surface area contributed by atoms with E-state index in [-0.39, 0.29) is 122 Å². The van der Waals surface area contributed by atoms with Gasteiger partial charge in [-0.05, 0) is 186 Å². The van der Waals surface area contributed by atoms with Gasteiger partial charge in [0.15, 0.2) is 0 Å². The molecule has 6 aliphatic heterocycles. The summed E-state index contributed by atoms with van der Waals surface area (Å²) in [7, 11) is 0. The molecule has 10 bridgehead atoms. The normalized spacial score (nSPS) is 17.0. The summed E-state index contributed by atoms with van der Waals surface area (Å²) < 4.78 is 53.1. The van der Waals surface area contributed by atoms with Gasteiger partial charge in [0.1, 0.15) is 0 Å². The highest BCUT2D eigenvalue weighted by Crippen LogP contribution is 2.15. The quantitative estimate of drug-likeness (QED) is 0.103. The number of esters is 10. The molecule has 0 radical (unpaired) electrons. The molecule has 0 saturated carbocycles. The van der Waals surface area contributed by atoms with Gasteiger partial charge in [0.2, 0.25) is 0 Å². The maximum absolute atomic E-state index is 12.6. The van der Waals surface area contributed by atoms with Gasteiger partial charge in [-0.15, -0.1) is 0 Å². The molecule has 0 atom stereocenters. The van der Waals surface area contributed by atoms with Gasteiger partial charge in [0.25, 0.3) is 0 Å². The van der Waals surface area contributed by atoms with Crippen molar-refractivity contribution in [3.8, 4) is 0 Å². The molecule has 0 aromatic heterocycles. The van der Waals surface area contributed by atoms with Crippen LogP contribution in [0.4, 0.5) is 0 Å². The number of rotatable bonds is 0. The molecule has 420 valence electrons. The molecule has 0 saturated heterocycles. The lowest BCUT2D eigenvalue weighted by molar-refractivity contribution is 0.0427. The van der Waals surface area contributed by atoms with Gasteiger partial charge >= 0.3 is 59.7 Å². The maximum atomic E-state index is 12.6. The molecule has 0 N–H and O–H groups in total. The first kappa shape index (κ1) is 60.0. The van der Waals surface area contributed by atoms with Crippen LogP contribution in [-0.2, 0) is 47.4 Å². The Hall–Kier alpha value is -9.20. The highest BCUT2D eigenvalue weighted by atomic mass is 16.6. The van der Waals surface area contributed by atoms with Crippen molar-refractivity contribution >= 4 is 59.7 Å². The van der Waals surface area contributed by atoms with Crippen LogP contribution < -0.4 is 0 Å². The second-order valence-electron chi connectivity index (χ2n) is 17.8. The van der Waals surface area contributed by atoms with Gasteiger partial charge in [-0.1, -0.05) is 0 Å². The first-order valence-corrected chi connectivity index (χ1v) is 26.1. The third kappa shape index (κ3) is 20.0. The molecule has 80 heavy (non-hydrogen) atoms. The Morgan fingerprint density at radius 2 is 0.225 bits per heavy atom. The smallest absolute Gasteiger partial charge is 0.338 e. The Balaban J connectivity index is 0.934. The molecule has 0 amide bonds. The molecule has 0 fully saturated rings. The fraction of sp³-hybridized carbons (Fsp3) is 0.333. The Bertz CT molecular complexity index is 2240. The third-order valence-corrected chi connectivity index (χ3v) is 11.8. The standard InChI is InChI=1S/C60H60O20/c61-51-41-11-13-43(14-12-41)53(63)73-33-3-4-35-75-55(65)45-19-21-47(22-20-45)57(67)77-37-7-8-39-79-59(69)49-27-29-50(30-28-49)60(70)80-40-10-9-38-78-58(68)48-25-23-46(24-26-48)56(66)76-36-6-5-34-74-54(64)44-17-15-42(16-18-44)52(62)72-32-2-1-31-71-51/h11-30H,1-10,31-40H2. The van der Waals surface area contributed by atoms with Crippen molar-refractivity contribution in [2.45, 2.75) is 64.2 Å². The van der Waals surface area contributed by atoms with E-state index < -0.39 is 59.7 Å². The van der Waals surface area contributed by atoms with E-state index in [4.69, 9.17) is 47.4 Å². The molecule has 5 aromatic carbocycles. The molecular weight excluding hydrogens is 1040 g/mol. The van der Waals surface area contributed by atoms with E-state index in [9.17, 15) is 47.9 Å². The Kier molecular flexibility index (Phi) is 24.4. The second-order valence-corrected chi connectivity index (χ2v) is 17.8. The van der Waals surface area contributed by atoms with Gasteiger partial charge in [-0.3, -0.25) is 0 Å². The Morgan fingerprint density at radius 1 is 0.150 bits per heavy atom. The Morgan fingerprint density at radius 3 is 0.300 bits per heavy atom. The second kappa shape index (κ2) is 32.5. The lowest BCUT2D eigenvalue weighted by Crippen LogP contribution is -2.12. The number of ether oxygens (including phenoxy) is 10. The molecule has 6 heterocycles. The zero-order valence-corrected chi connectivity index (χ0v) is 43.9. The highest BCUT2D eigenvalue weighted by Gasteiger charge is 2.17. The first-order valence-electron chi connectivity index (χ1n) is 26.1. The third-order valence-electron chi connectivity index (χ3n) is 11.8. The van der Waals surface area contributed by atoms with Crippen LogP contribution in [0, 0.1) is 0 Å². The number of benzene rings is 5. The van der Waals surface area contributed by atoms with Crippen LogP contribution in [0.2, 0.25) is 0 Å². The molecule has 0 unspecified atom stereocenters. The summed E-state index contributed by atoms with van der Waals surface area (Å²) in [6.45, 7) is 0.573. The van der Waals surface area contributed by atoms with Crippen LogP contribution in [0.5, 0.6) is 0 Å². The number of hydrogen-bond acceptors (Lipinski definition) is 20. The van der Waals surface area contributed by atoms with Gasteiger partial charge in [0.05, 0.1) is 122 Å². The van der Waals surface area contributed by atoms with Crippen LogP contribution in [0.25, 0.3) is 0 Å². The number of fused-ring (bicyclic) bond motifs is 5. The van der Waals surface area contributed by atoms with Crippen LogP contribution in [-0.4, -0.2) is 126 Å². The highest BCUT2D eigenvalue weighted by molar-refractivity contribution is 5.96. The molecule has 5 aromatic rings. The fourth-order valence-corrected chi connectivity index (χ4v) is 7.21. The predicted molar refractivity (Wildman–Crippen MR) is 281 cm³/mol. The van der Waals surface area contributed by atoms with Crippen molar-refractivity contribution < 1.29 is 95.3 Å².